The van der Waals surface area contributed by atoms with Crippen molar-refractivity contribution in [1.29, 1.82) is 0 Å². The summed E-state index contributed by atoms with van der Waals surface area (Å²) in [5.41, 5.74) is 0. The Hall–Kier alpha value is -1.29. The maximum absolute atomic E-state index is 11.9. The number of nitrogens with zero attached hydrogens (tertiary/aromatic N) is 1. The highest BCUT2D eigenvalue weighted by molar-refractivity contribution is 5.78. The Morgan fingerprint density at radius 3 is 3.17 bits per heavy atom. The Bertz CT molecular complexity index is 362. The lowest BCUT2D eigenvalue weighted by Crippen LogP contribution is -2.45. The van der Waals surface area contributed by atoms with Crippen LogP contribution in [0.3, 0.4) is 0 Å². The molecule has 0 radical (unpaired) electrons. The molecule has 2 rings (SSSR count). The van der Waals surface area contributed by atoms with E-state index >= 15 is 0 Å². The van der Waals surface area contributed by atoms with E-state index in [9.17, 15) is 4.79 Å². The first-order valence-corrected chi connectivity index (χ1v) is 6.82. The van der Waals surface area contributed by atoms with Crippen molar-refractivity contribution in [2.75, 3.05) is 13.1 Å². The van der Waals surface area contributed by atoms with Gasteiger partial charge in [-0.2, -0.15) is 0 Å². The van der Waals surface area contributed by atoms with Gasteiger partial charge in [-0.25, -0.2) is 0 Å². The van der Waals surface area contributed by atoms with Crippen LogP contribution in [0.2, 0.25) is 0 Å². The second kappa shape index (κ2) is 6.59. The van der Waals surface area contributed by atoms with Crippen LogP contribution in [0.15, 0.2) is 22.8 Å². The van der Waals surface area contributed by atoms with Crippen molar-refractivity contribution in [2.24, 2.45) is 0 Å². The quantitative estimate of drug-likeness (QED) is 0.871. The molecule has 4 heteroatoms. The highest BCUT2D eigenvalue weighted by Gasteiger charge is 2.22. The fourth-order valence-electron chi connectivity index (χ4n) is 2.57. The van der Waals surface area contributed by atoms with E-state index in [0.29, 0.717) is 19.1 Å². The van der Waals surface area contributed by atoms with Gasteiger partial charge in [-0.05, 0) is 37.9 Å². The van der Waals surface area contributed by atoms with Gasteiger partial charge in [-0.1, -0.05) is 13.3 Å². The molecule has 18 heavy (non-hydrogen) atoms. The number of nitrogens with one attached hydrogen (secondary N) is 1. The average molecular weight is 250 g/mol. The van der Waals surface area contributed by atoms with Gasteiger partial charge in [0.05, 0.1) is 19.4 Å². The first-order chi connectivity index (χ1) is 8.79. The van der Waals surface area contributed by atoms with Crippen LogP contribution in [0.5, 0.6) is 0 Å². The van der Waals surface area contributed by atoms with Crippen LogP contribution in [0.1, 0.15) is 38.4 Å². The van der Waals surface area contributed by atoms with Gasteiger partial charge in [-0.3, -0.25) is 9.69 Å². The van der Waals surface area contributed by atoms with E-state index < -0.39 is 0 Å². The van der Waals surface area contributed by atoms with Gasteiger partial charge in [0.2, 0.25) is 5.91 Å². The molecule has 0 unspecified atom stereocenters. The van der Waals surface area contributed by atoms with Crippen molar-refractivity contribution in [1.82, 2.24) is 10.2 Å². The average Bonchev–Trinajstić information content (AvgIpc) is 2.90. The minimum atomic E-state index is 0.0896. The molecule has 1 fully saturated rings. The number of furan rings is 1. The van der Waals surface area contributed by atoms with Crippen molar-refractivity contribution in [3.8, 4) is 0 Å². The Morgan fingerprint density at radius 2 is 2.44 bits per heavy atom. The summed E-state index contributed by atoms with van der Waals surface area (Å²) in [6, 6.07) is 4.28. The number of likely N-dealkylation sites (tertiary alicyclic amines) is 1. The second-order valence-electron chi connectivity index (χ2n) is 4.88. The van der Waals surface area contributed by atoms with E-state index in [4.69, 9.17) is 4.42 Å². The van der Waals surface area contributed by atoms with Crippen LogP contribution in [-0.4, -0.2) is 29.9 Å². The molecular weight excluding hydrogens is 228 g/mol. The van der Waals surface area contributed by atoms with Crippen LogP contribution in [0.4, 0.5) is 0 Å². The molecule has 1 aromatic heterocycles. The highest BCUT2D eigenvalue weighted by atomic mass is 16.3. The van der Waals surface area contributed by atoms with Crippen LogP contribution in [0, 0.1) is 0 Å². The predicted octanol–water partition coefficient (Wildman–Crippen LogP) is 2.16. The third kappa shape index (κ3) is 3.60. The Morgan fingerprint density at radius 1 is 1.56 bits per heavy atom. The SMILES string of the molecule is CC[C@@H]1CCCCN1CC(=O)NCc1ccco1. The largest absolute Gasteiger partial charge is 0.467 e. The van der Waals surface area contributed by atoms with E-state index in [1.54, 1.807) is 6.26 Å². The van der Waals surface area contributed by atoms with Crippen molar-refractivity contribution in [2.45, 2.75) is 45.2 Å². The van der Waals surface area contributed by atoms with E-state index in [1.807, 2.05) is 12.1 Å². The van der Waals surface area contributed by atoms with Gasteiger partial charge in [-0.15, -0.1) is 0 Å². The van der Waals surface area contributed by atoms with Crippen LogP contribution >= 0.6 is 0 Å². The molecule has 0 bridgehead atoms. The van der Waals surface area contributed by atoms with Gasteiger partial charge in [0.25, 0.3) is 0 Å². The number of carbonyl (C=O) groups is 1. The van der Waals surface area contributed by atoms with Crippen LogP contribution in [0.25, 0.3) is 0 Å². The maximum atomic E-state index is 11.9. The van der Waals surface area contributed by atoms with Crippen LogP contribution in [-0.2, 0) is 11.3 Å². The normalized spacial score (nSPS) is 20.8. The van der Waals surface area contributed by atoms with Gasteiger partial charge in [0.1, 0.15) is 5.76 Å². The molecule has 0 spiro atoms. The van der Waals surface area contributed by atoms with Crippen molar-refractivity contribution >= 4 is 5.91 Å². The highest BCUT2D eigenvalue weighted by Crippen LogP contribution is 2.18. The van der Waals surface area contributed by atoms with E-state index in [1.165, 1.54) is 19.3 Å². The summed E-state index contributed by atoms with van der Waals surface area (Å²) in [4.78, 5) is 14.2. The van der Waals surface area contributed by atoms with Crippen molar-refractivity contribution < 1.29 is 9.21 Å². The minimum absolute atomic E-state index is 0.0896. The molecule has 0 saturated carbocycles. The Labute approximate surface area is 108 Å². The minimum Gasteiger partial charge on any atom is -0.467 e. The molecule has 1 aliphatic heterocycles. The standard InChI is InChI=1S/C14H22N2O2/c1-2-12-6-3-4-8-16(12)11-14(17)15-10-13-7-5-9-18-13/h5,7,9,12H,2-4,6,8,10-11H2,1H3,(H,15,17)/t12-/m1/s1. The molecule has 0 aliphatic carbocycles. The Kier molecular flexibility index (Phi) is 4.81. The number of hydrogen-bond donors (Lipinski definition) is 1. The van der Waals surface area contributed by atoms with Gasteiger partial charge in [0.15, 0.2) is 0 Å². The number of hydrogen-bond acceptors (Lipinski definition) is 3. The van der Waals surface area contributed by atoms with E-state index in [-0.39, 0.29) is 5.91 Å². The molecule has 1 amide bonds. The lowest BCUT2D eigenvalue weighted by molar-refractivity contribution is -0.123. The van der Waals surface area contributed by atoms with Crippen LogP contribution < -0.4 is 5.32 Å². The number of rotatable bonds is 5. The van der Waals surface area contributed by atoms with Crippen molar-refractivity contribution in [3.63, 3.8) is 0 Å². The molecule has 1 aliphatic rings. The molecule has 100 valence electrons. The molecular formula is C14H22N2O2. The third-order valence-electron chi connectivity index (χ3n) is 3.61. The van der Waals surface area contributed by atoms with E-state index in [2.05, 4.69) is 17.1 Å². The molecule has 0 aromatic carbocycles. The van der Waals surface area contributed by atoms with E-state index in [0.717, 1.165) is 18.7 Å². The van der Waals surface area contributed by atoms with Gasteiger partial charge in [0, 0.05) is 6.04 Å². The molecule has 4 nitrogen and oxygen atoms in total. The summed E-state index contributed by atoms with van der Waals surface area (Å²) >= 11 is 0. The van der Waals surface area contributed by atoms with Gasteiger partial charge < -0.3 is 9.73 Å². The van der Waals surface area contributed by atoms with Gasteiger partial charge >= 0.3 is 0 Å². The zero-order chi connectivity index (χ0) is 12.8. The summed E-state index contributed by atoms with van der Waals surface area (Å²) in [5, 5.41) is 2.90. The zero-order valence-corrected chi connectivity index (χ0v) is 11.0. The summed E-state index contributed by atoms with van der Waals surface area (Å²) in [5.74, 6) is 0.890. The summed E-state index contributed by atoms with van der Waals surface area (Å²) in [7, 11) is 0. The monoisotopic (exact) mass is 250 g/mol. The molecule has 1 N–H and O–H groups in total. The fraction of sp³-hybridized carbons (Fsp3) is 0.643. The molecule has 1 atom stereocenters. The zero-order valence-electron chi connectivity index (χ0n) is 11.0. The maximum Gasteiger partial charge on any atom is 0.234 e. The first kappa shape index (κ1) is 13.1. The lowest BCUT2D eigenvalue weighted by Gasteiger charge is -2.34. The third-order valence-corrected chi connectivity index (χ3v) is 3.61. The predicted molar refractivity (Wildman–Crippen MR) is 70.1 cm³/mol. The smallest absolute Gasteiger partial charge is 0.234 e. The molecule has 2 heterocycles. The number of piperidine rings is 1. The summed E-state index contributed by atoms with van der Waals surface area (Å²) < 4.78 is 5.19. The first-order valence-electron chi connectivity index (χ1n) is 6.82. The number of carbonyl (C=O) groups excluding carboxylic acids is 1. The molecule has 1 aromatic rings. The molecule has 1 saturated heterocycles. The fourth-order valence-corrected chi connectivity index (χ4v) is 2.57. The van der Waals surface area contributed by atoms with Crippen molar-refractivity contribution in [3.05, 3.63) is 24.2 Å². The summed E-state index contributed by atoms with van der Waals surface area (Å²) in [6.45, 7) is 4.24. The Balaban J connectivity index is 1.75. The lowest BCUT2D eigenvalue weighted by atomic mass is 10.0. The summed E-state index contributed by atoms with van der Waals surface area (Å²) in [6.07, 6.45) is 6.48. The topological polar surface area (TPSA) is 45.5 Å². The number of amides is 1. The second-order valence-corrected chi connectivity index (χ2v) is 4.88.